The second kappa shape index (κ2) is 7.78. The number of ether oxygens (including phenoxy) is 2. The summed E-state index contributed by atoms with van der Waals surface area (Å²) in [7, 11) is 3.27. The normalized spacial score (nSPS) is 13.5. The molecule has 1 heterocycles. The molecule has 0 spiro atoms. The van der Waals surface area contributed by atoms with Gasteiger partial charge in [0.1, 0.15) is 6.54 Å². The van der Waals surface area contributed by atoms with E-state index in [-0.39, 0.29) is 16.5 Å². The Morgan fingerprint density at radius 2 is 1.81 bits per heavy atom. The van der Waals surface area contributed by atoms with Gasteiger partial charge in [0, 0.05) is 24.0 Å². The minimum atomic E-state index is -0.309. The molecule has 0 aliphatic carbocycles. The molecule has 142 valence electrons. The first-order valence-corrected chi connectivity index (χ1v) is 9.05. The summed E-state index contributed by atoms with van der Waals surface area (Å²) in [5, 5.41) is 11.4. The summed E-state index contributed by atoms with van der Waals surface area (Å²) in [6.45, 7) is 5.61. The molecule has 3 rings (SSSR count). The fourth-order valence-corrected chi connectivity index (χ4v) is 3.78. The fraction of sp³-hybridized carbons (Fsp3) is 0.381. The van der Waals surface area contributed by atoms with Crippen LogP contribution in [0.3, 0.4) is 0 Å². The van der Waals surface area contributed by atoms with Crippen molar-refractivity contribution in [3.05, 3.63) is 63.2 Å². The largest absolute Gasteiger partial charge is 0.493 e. The standard InChI is InChI=1S/C21H25N2O4/c1-14(2)21-17-12-20(27-4)19(26-3)11-15(17)9-10-22(21)13-16-7-5-6-8-18(16)23(24)25/h5-8,11-12,14H,9-10,13H2,1-4H3/q+1. The van der Waals surface area contributed by atoms with Crippen LogP contribution in [0.5, 0.6) is 11.5 Å². The topological polar surface area (TPSA) is 64.6 Å². The van der Waals surface area contributed by atoms with E-state index < -0.39 is 0 Å². The summed E-state index contributed by atoms with van der Waals surface area (Å²) < 4.78 is 13.2. The molecule has 0 fully saturated rings. The lowest BCUT2D eigenvalue weighted by molar-refractivity contribution is -0.547. The van der Waals surface area contributed by atoms with Crippen LogP contribution in [0, 0.1) is 16.0 Å². The molecule has 0 atom stereocenters. The van der Waals surface area contributed by atoms with Gasteiger partial charge in [0.15, 0.2) is 23.8 Å². The van der Waals surface area contributed by atoms with Gasteiger partial charge in [-0.25, -0.2) is 4.58 Å². The van der Waals surface area contributed by atoms with E-state index in [4.69, 9.17) is 9.47 Å². The Labute approximate surface area is 159 Å². The SMILES string of the molecule is COc1cc2c(cc1OC)C(C(C)C)=[N+](Cc1ccccc1[N+](=O)[O-])CC2. The van der Waals surface area contributed by atoms with Crippen LogP contribution < -0.4 is 9.47 Å². The van der Waals surface area contributed by atoms with Crippen molar-refractivity contribution in [3.63, 3.8) is 0 Å². The molecule has 0 aromatic heterocycles. The minimum Gasteiger partial charge on any atom is -0.493 e. The number of methoxy groups -OCH3 is 2. The van der Waals surface area contributed by atoms with Gasteiger partial charge in [-0.2, -0.15) is 0 Å². The van der Waals surface area contributed by atoms with Crippen molar-refractivity contribution in [2.45, 2.75) is 26.8 Å². The summed E-state index contributed by atoms with van der Waals surface area (Å²) in [5.41, 5.74) is 4.42. The summed E-state index contributed by atoms with van der Waals surface area (Å²) in [6.07, 6.45) is 0.854. The van der Waals surface area contributed by atoms with Gasteiger partial charge in [-0.1, -0.05) is 26.0 Å². The van der Waals surface area contributed by atoms with E-state index >= 15 is 0 Å². The third-order valence-corrected chi connectivity index (χ3v) is 4.97. The number of fused-ring (bicyclic) bond motifs is 1. The van der Waals surface area contributed by atoms with Gasteiger partial charge in [0.05, 0.1) is 24.7 Å². The van der Waals surface area contributed by atoms with Crippen molar-refractivity contribution in [1.29, 1.82) is 0 Å². The first kappa shape index (κ1) is 18.9. The molecule has 1 aliphatic rings. The molecule has 0 amide bonds. The van der Waals surface area contributed by atoms with Crippen LogP contribution in [0.2, 0.25) is 0 Å². The maximum atomic E-state index is 11.4. The smallest absolute Gasteiger partial charge is 0.278 e. The Balaban J connectivity index is 2.11. The first-order chi connectivity index (χ1) is 13.0. The van der Waals surface area contributed by atoms with Gasteiger partial charge in [-0.3, -0.25) is 10.1 Å². The van der Waals surface area contributed by atoms with E-state index in [9.17, 15) is 10.1 Å². The minimum absolute atomic E-state index is 0.165. The molecule has 6 heteroatoms. The summed E-state index contributed by atoms with van der Waals surface area (Å²) in [6, 6.07) is 11.0. The number of benzene rings is 2. The van der Waals surface area contributed by atoms with E-state index in [1.807, 2.05) is 24.3 Å². The molecule has 0 unspecified atom stereocenters. The third kappa shape index (κ3) is 3.65. The maximum absolute atomic E-state index is 11.4. The van der Waals surface area contributed by atoms with Gasteiger partial charge in [-0.05, 0) is 23.8 Å². The average molecular weight is 369 g/mol. The Hall–Kier alpha value is -2.89. The van der Waals surface area contributed by atoms with E-state index in [0.29, 0.717) is 12.3 Å². The highest BCUT2D eigenvalue weighted by Crippen LogP contribution is 2.34. The third-order valence-electron chi connectivity index (χ3n) is 4.97. The molecule has 27 heavy (non-hydrogen) atoms. The molecule has 0 saturated carbocycles. The monoisotopic (exact) mass is 369 g/mol. The number of hydrogen-bond donors (Lipinski definition) is 0. The molecule has 0 bridgehead atoms. The molecule has 1 aliphatic heterocycles. The zero-order chi connectivity index (χ0) is 19.6. The molecule has 6 nitrogen and oxygen atoms in total. The maximum Gasteiger partial charge on any atom is 0.278 e. The lowest BCUT2D eigenvalue weighted by Gasteiger charge is -2.22. The molecule has 0 N–H and O–H groups in total. The predicted molar refractivity (Wildman–Crippen MR) is 104 cm³/mol. The molecule has 2 aromatic rings. The number of nitrogens with zero attached hydrogens (tertiary/aromatic N) is 2. The zero-order valence-corrected chi connectivity index (χ0v) is 16.2. The van der Waals surface area contributed by atoms with Crippen molar-refractivity contribution in [3.8, 4) is 11.5 Å². The van der Waals surface area contributed by atoms with E-state index in [1.54, 1.807) is 26.4 Å². The Bertz CT molecular complexity index is 903. The Kier molecular flexibility index (Phi) is 5.44. The van der Waals surface area contributed by atoms with Crippen molar-refractivity contribution < 1.29 is 19.0 Å². The van der Waals surface area contributed by atoms with Crippen LogP contribution in [0.4, 0.5) is 5.69 Å². The summed E-state index contributed by atoms with van der Waals surface area (Å²) >= 11 is 0. The molecular formula is C21H25N2O4+. The highest BCUT2D eigenvalue weighted by Gasteiger charge is 2.31. The Morgan fingerprint density at radius 3 is 2.44 bits per heavy atom. The number of nitro benzene ring substituents is 1. The summed E-state index contributed by atoms with van der Waals surface area (Å²) in [4.78, 5) is 11.1. The number of rotatable bonds is 6. The van der Waals surface area contributed by atoms with Gasteiger partial charge < -0.3 is 9.47 Å². The van der Waals surface area contributed by atoms with Crippen LogP contribution in [0.25, 0.3) is 0 Å². The zero-order valence-electron chi connectivity index (χ0n) is 16.2. The van der Waals surface area contributed by atoms with Gasteiger partial charge >= 0.3 is 0 Å². The van der Waals surface area contributed by atoms with Crippen LogP contribution in [-0.2, 0) is 13.0 Å². The molecule has 2 aromatic carbocycles. The number of nitro groups is 1. The fourth-order valence-electron chi connectivity index (χ4n) is 3.78. The number of hydrogen-bond acceptors (Lipinski definition) is 4. The van der Waals surface area contributed by atoms with Crippen LogP contribution in [0.1, 0.15) is 30.5 Å². The first-order valence-electron chi connectivity index (χ1n) is 9.05. The van der Waals surface area contributed by atoms with Gasteiger partial charge in [0.2, 0.25) is 0 Å². The number of para-hydroxylation sites is 1. The van der Waals surface area contributed by atoms with Crippen LogP contribution in [-0.4, -0.2) is 36.0 Å². The lowest BCUT2D eigenvalue weighted by atomic mass is 9.90. The van der Waals surface area contributed by atoms with Crippen molar-refractivity contribution >= 4 is 11.4 Å². The average Bonchev–Trinajstić information content (AvgIpc) is 2.66. The Morgan fingerprint density at radius 1 is 1.15 bits per heavy atom. The van der Waals surface area contributed by atoms with Crippen molar-refractivity contribution in [2.24, 2.45) is 5.92 Å². The molecule has 0 radical (unpaired) electrons. The second-order valence-corrected chi connectivity index (χ2v) is 6.96. The lowest BCUT2D eigenvalue weighted by Crippen LogP contribution is -2.33. The van der Waals surface area contributed by atoms with Gasteiger partial charge in [-0.15, -0.1) is 0 Å². The van der Waals surface area contributed by atoms with Crippen molar-refractivity contribution in [1.82, 2.24) is 0 Å². The van der Waals surface area contributed by atoms with Crippen LogP contribution >= 0.6 is 0 Å². The van der Waals surface area contributed by atoms with E-state index in [1.165, 1.54) is 11.3 Å². The second-order valence-electron chi connectivity index (χ2n) is 6.96. The highest BCUT2D eigenvalue weighted by atomic mass is 16.6. The summed E-state index contributed by atoms with van der Waals surface area (Å²) in [5.74, 6) is 1.69. The van der Waals surface area contributed by atoms with Crippen molar-refractivity contribution in [2.75, 3.05) is 20.8 Å². The molecule has 0 saturated heterocycles. The van der Waals surface area contributed by atoms with E-state index in [2.05, 4.69) is 18.4 Å². The quantitative estimate of drug-likeness (QED) is 0.441. The predicted octanol–water partition coefficient (Wildman–Crippen LogP) is 3.83. The molecular weight excluding hydrogens is 344 g/mol. The van der Waals surface area contributed by atoms with Crippen LogP contribution in [0.15, 0.2) is 36.4 Å². The highest BCUT2D eigenvalue weighted by molar-refractivity contribution is 6.00. The van der Waals surface area contributed by atoms with Gasteiger partial charge in [0.25, 0.3) is 5.69 Å². The van der Waals surface area contributed by atoms with E-state index in [0.717, 1.165) is 29.8 Å².